The van der Waals surface area contributed by atoms with E-state index < -0.39 is 10.0 Å². The van der Waals surface area contributed by atoms with Gasteiger partial charge in [-0.3, -0.25) is 4.90 Å². The molecule has 1 aliphatic rings. The molecule has 118 valence electrons. The Morgan fingerprint density at radius 3 is 2.48 bits per heavy atom. The van der Waals surface area contributed by atoms with E-state index in [9.17, 15) is 8.42 Å². The van der Waals surface area contributed by atoms with Gasteiger partial charge in [0.15, 0.2) is 0 Å². The summed E-state index contributed by atoms with van der Waals surface area (Å²) >= 11 is 0. The van der Waals surface area contributed by atoms with Crippen molar-refractivity contribution < 1.29 is 8.42 Å². The fourth-order valence-corrected chi connectivity index (χ4v) is 3.73. The summed E-state index contributed by atoms with van der Waals surface area (Å²) < 4.78 is 27.0. The maximum atomic E-state index is 12.1. The Balaban J connectivity index is 1.87. The molecular formula is C15H25N3O2S. The van der Waals surface area contributed by atoms with Crippen molar-refractivity contribution in [2.24, 2.45) is 0 Å². The molecule has 0 aromatic heterocycles. The first-order valence-corrected chi connectivity index (χ1v) is 8.87. The average molecular weight is 311 g/mol. The zero-order valence-corrected chi connectivity index (χ0v) is 13.8. The molecule has 0 radical (unpaired) electrons. The number of rotatable bonds is 5. The van der Waals surface area contributed by atoms with E-state index in [2.05, 4.69) is 35.4 Å². The Kier molecular flexibility index (Phi) is 5.37. The molecular weight excluding hydrogens is 286 g/mol. The standard InChI is InChI=1S/C15H25N3O2S/c1-13-12-18(14(2)11-17(13)3)10-9-16-21(19,20)15-7-5-4-6-8-15/h4-8,13-14,16H,9-12H2,1-3H3. The monoisotopic (exact) mass is 311 g/mol. The molecule has 0 bridgehead atoms. The van der Waals surface area contributed by atoms with Crippen LogP contribution in [0.25, 0.3) is 0 Å². The maximum absolute atomic E-state index is 12.1. The van der Waals surface area contributed by atoms with Crippen LogP contribution in [0.4, 0.5) is 0 Å². The topological polar surface area (TPSA) is 52.7 Å². The minimum Gasteiger partial charge on any atom is -0.301 e. The summed E-state index contributed by atoms with van der Waals surface area (Å²) in [7, 11) is -1.25. The predicted octanol–water partition coefficient (Wildman–Crippen LogP) is 0.989. The second-order valence-corrected chi connectivity index (χ2v) is 7.61. The lowest BCUT2D eigenvalue weighted by Crippen LogP contribution is -2.56. The highest BCUT2D eigenvalue weighted by atomic mass is 32.2. The SMILES string of the molecule is CC1CN(CCNS(=O)(=O)c2ccccc2)C(C)CN1C. The van der Waals surface area contributed by atoms with Crippen LogP contribution in [0.2, 0.25) is 0 Å². The number of benzene rings is 1. The van der Waals surface area contributed by atoms with Gasteiger partial charge >= 0.3 is 0 Å². The number of nitrogens with zero attached hydrogens (tertiary/aromatic N) is 2. The van der Waals surface area contributed by atoms with Crippen LogP contribution in [0.1, 0.15) is 13.8 Å². The van der Waals surface area contributed by atoms with E-state index in [0.29, 0.717) is 23.5 Å². The number of hydrogen-bond acceptors (Lipinski definition) is 4. The summed E-state index contributed by atoms with van der Waals surface area (Å²) in [5.74, 6) is 0. The molecule has 0 saturated carbocycles. The first-order chi connectivity index (χ1) is 9.90. The third kappa shape index (κ3) is 4.26. The van der Waals surface area contributed by atoms with Gasteiger partial charge in [-0.1, -0.05) is 18.2 Å². The average Bonchev–Trinajstić information content (AvgIpc) is 2.45. The van der Waals surface area contributed by atoms with Crippen molar-refractivity contribution in [3.8, 4) is 0 Å². The van der Waals surface area contributed by atoms with E-state index in [-0.39, 0.29) is 0 Å². The predicted molar refractivity (Wildman–Crippen MR) is 84.8 cm³/mol. The summed E-state index contributed by atoms with van der Waals surface area (Å²) in [5, 5.41) is 0. The van der Waals surface area contributed by atoms with Crippen LogP contribution in [0.15, 0.2) is 35.2 Å². The van der Waals surface area contributed by atoms with Gasteiger partial charge in [0.1, 0.15) is 0 Å². The van der Waals surface area contributed by atoms with Crippen molar-refractivity contribution in [3.63, 3.8) is 0 Å². The number of piperazine rings is 1. The van der Waals surface area contributed by atoms with Crippen LogP contribution in [-0.2, 0) is 10.0 Å². The van der Waals surface area contributed by atoms with Gasteiger partial charge in [-0.2, -0.15) is 0 Å². The molecule has 6 heteroatoms. The lowest BCUT2D eigenvalue weighted by Gasteiger charge is -2.42. The third-order valence-corrected chi connectivity index (χ3v) is 5.65. The van der Waals surface area contributed by atoms with Gasteiger partial charge in [0.2, 0.25) is 10.0 Å². The van der Waals surface area contributed by atoms with E-state index >= 15 is 0 Å². The first-order valence-electron chi connectivity index (χ1n) is 7.39. The molecule has 2 atom stereocenters. The minimum absolute atomic E-state index is 0.324. The van der Waals surface area contributed by atoms with Gasteiger partial charge in [0.25, 0.3) is 0 Å². The molecule has 21 heavy (non-hydrogen) atoms. The number of hydrogen-bond donors (Lipinski definition) is 1. The van der Waals surface area contributed by atoms with Crippen LogP contribution in [0, 0.1) is 0 Å². The molecule has 0 amide bonds. The Hall–Kier alpha value is -0.950. The minimum atomic E-state index is -3.39. The molecule has 2 rings (SSSR count). The van der Waals surface area contributed by atoms with Crippen molar-refractivity contribution in [1.82, 2.24) is 14.5 Å². The summed E-state index contributed by atoms with van der Waals surface area (Å²) in [6, 6.07) is 9.47. The van der Waals surface area contributed by atoms with Crippen LogP contribution < -0.4 is 4.72 Å². The highest BCUT2D eigenvalue weighted by Gasteiger charge is 2.26. The van der Waals surface area contributed by atoms with Gasteiger partial charge < -0.3 is 4.90 Å². The summed E-state index contributed by atoms with van der Waals surface area (Å²) in [6.07, 6.45) is 0. The van der Waals surface area contributed by atoms with Crippen LogP contribution >= 0.6 is 0 Å². The lowest BCUT2D eigenvalue weighted by atomic mass is 10.1. The van der Waals surface area contributed by atoms with Crippen molar-refractivity contribution in [2.45, 2.75) is 30.8 Å². The molecule has 1 aliphatic heterocycles. The molecule has 1 fully saturated rings. The van der Waals surface area contributed by atoms with Crippen LogP contribution in [0.3, 0.4) is 0 Å². The van der Waals surface area contributed by atoms with Crippen LogP contribution in [0.5, 0.6) is 0 Å². The second-order valence-electron chi connectivity index (χ2n) is 5.84. The van der Waals surface area contributed by atoms with Gasteiger partial charge in [-0.25, -0.2) is 13.1 Å². The Labute approximate surface area is 128 Å². The Morgan fingerprint density at radius 1 is 1.14 bits per heavy atom. The molecule has 1 N–H and O–H groups in total. The summed E-state index contributed by atoms with van der Waals surface area (Å²) in [5.41, 5.74) is 0. The normalized spacial score (nSPS) is 25.1. The van der Waals surface area contributed by atoms with Crippen LogP contribution in [-0.4, -0.2) is 63.5 Å². The fourth-order valence-electron chi connectivity index (χ4n) is 2.69. The fraction of sp³-hybridized carbons (Fsp3) is 0.600. The molecule has 2 unspecified atom stereocenters. The van der Waals surface area contributed by atoms with Gasteiger partial charge in [-0.05, 0) is 33.0 Å². The van der Waals surface area contributed by atoms with Crippen molar-refractivity contribution in [3.05, 3.63) is 30.3 Å². The zero-order chi connectivity index (χ0) is 15.5. The van der Waals surface area contributed by atoms with Crippen molar-refractivity contribution in [1.29, 1.82) is 0 Å². The Morgan fingerprint density at radius 2 is 1.81 bits per heavy atom. The van der Waals surface area contributed by atoms with E-state index in [1.165, 1.54) is 0 Å². The van der Waals surface area contributed by atoms with Gasteiger partial charge in [-0.15, -0.1) is 0 Å². The molecule has 0 aliphatic carbocycles. The van der Waals surface area contributed by atoms with E-state index in [0.717, 1.165) is 19.6 Å². The molecule has 0 spiro atoms. The Bertz CT molecular complexity index is 547. The number of likely N-dealkylation sites (N-methyl/N-ethyl adjacent to an activating group) is 1. The zero-order valence-electron chi connectivity index (χ0n) is 13.0. The molecule has 5 nitrogen and oxygen atoms in total. The third-order valence-electron chi connectivity index (χ3n) is 4.17. The quantitative estimate of drug-likeness (QED) is 0.881. The second kappa shape index (κ2) is 6.87. The van der Waals surface area contributed by atoms with E-state index in [4.69, 9.17) is 0 Å². The smallest absolute Gasteiger partial charge is 0.240 e. The number of nitrogens with one attached hydrogen (secondary N) is 1. The maximum Gasteiger partial charge on any atom is 0.240 e. The summed E-state index contributed by atoms with van der Waals surface area (Å²) in [4.78, 5) is 5.01. The molecule has 1 saturated heterocycles. The van der Waals surface area contributed by atoms with Crippen molar-refractivity contribution in [2.75, 3.05) is 33.2 Å². The number of sulfonamides is 1. The lowest BCUT2D eigenvalue weighted by molar-refractivity contribution is 0.0619. The molecule has 1 aromatic rings. The van der Waals surface area contributed by atoms with Crippen molar-refractivity contribution >= 4 is 10.0 Å². The van der Waals surface area contributed by atoms with Gasteiger partial charge in [0.05, 0.1) is 4.90 Å². The van der Waals surface area contributed by atoms with E-state index in [1.54, 1.807) is 24.3 Å². The highest BCUT2D eigenvalue weighted by molar-refractivity contribution is 7.89. The summed E-state index contributed by atoms with van der Waals surface area (Å²) in [6.45, 7) is 7.57. The molecule has 1 heterocycles. The van der Waals surface area contributed by atoms with E-state index in [1.807, 2.05) is 6.07 Å². The first kappa shape index (κ1) is 16.4. The highest BCUT2D eigenvalue weighted by Crippen LogP contribution is 2.13. The largest absolute Gasteiger partial charge is 0.301 e. The van der Waals surface area contributed by atoms with Gasteiger partial charge in [0, 0.05) is 38.3 Å². The molecule has 1 aromatic carbocycles.